The molecule has 0 aliphatic rings. The first-order chi connectivity index (χ1) is 6.74. The second-order valence-electron chi connectivity index (χ2n) is 2.97. The van der Waals surface area contributed by atoms with Gasteiger partial charge in [-0.1, -0.05) is 36.4 Å². The van der Waals surface area contributed by atoms with Crippen LogP contribution in [-0.4, -0.2) is 12.5 Å². The number of hydrogen-bond acceptors (Lipinski definition) is 1. The standard InChI is InChI=1S/C11H12Cl2O/c1-9(6-12)7-14-8-10-4-2-3-5-11(10)13/h2-5H,1,6-8H2. The Morgan fingerprint density at radius 2 is 2.07 bits per heavy atom. The molecule has 14 heavy (non-hydrogen) atoms. The van der Waals surface area contributed by atoms with Crippen LogP contribution in [0.5, 0.6) is 0 Å². The molecule has 76 valence electrons. The maximum Gasteiger partial charge on any atom is 0.0735 e. The smallest absolute Gasteiger partial charge is 0.0735 e. The molecule has 0 atom stereocenters. The van der Waals surface area contributed by atoms with Crippen LogP contribution in [-0.2, 0) is 11.3 Å². The molecular formula is C11H12Cl2O. The highest BCUT2D eigenvalue weighted by atomic mass is 35.5. The monoisotopic (exact) mass is 230 g/mol. The molecule has 0 bridgehead atoms. The molecule has 0 N–H and O–H groups in total. The van der Waals surface area contributed by atoms with Gasteiger partial charge in [0.05, 0.1) is 13.2 Å². The van der Waals surface area contributed by atoms with Crippen molar-refractivity contribution in [2.75, 3.05) is 12.5 Å². The van der Waals surface area contributed by atoms with Gasteiger partial charge < -0.3 is 4.74 Å². The second kappa shape index (κ2) is 6.07. The van der Waals surface area contributed by atoms with Gasteiger partial charge in [0.25, 0.3) is 0 Å². The van der Waals surface area contributed by atoms with E-state index in [1.807, 2.05) is 24.3 Å². The Bertz CT molecular complexity index is 310. The quantitative estimate of drug-likeness (QED) is 0.555. The van der Waals surface area contributed by atoms with Gasteiger partial charge in [-0.3, -0.25) is 0 Å². The van der Waals surface area contributed by atoms with E-state index in [4.69, 9.17) is 27.9 Å². The van der Waals surface area contributed by atoms with E-state index in [9.17, 15) is 0 Å². The zero-order valence-electron chi connectivity index (χ0n) is 7.80. The average Bonchev–Trinajstić information content (AvgIpc) is 2.20. The highest BCUT2D eigenvalue weighted by molar-refractivity contribution is 6.31. The van der Waals surface area contributed by atoms with Crippen LogP contribution >= 0.6 is 23.2 Å². The van der Waals surface area contributed by atoms with Gasteiger partial charge in [0.15, 0.2) is 0 Å². The summed E-state index contributed by atoms with van der Waals surface area (Å²) in [6, 6.07) is 7.60. The van der Waals surface area contributed by atoms with Crippen molar-refractivity contribution >= 4 is 23.2 Å². The second-order valence-corrected chi connectivity index (χ2v) is 3.64. The van der Waals surface area contributed by atoms with E-state index in [2.05, 4.69) is 6.58 Å². The van der Waals surface area contributed by atoms with Crippen LogP contribution < -0.4 is 0 Å². The normalized spacial score (nSPS) is 10.1. The highest BCUT2D eigenvalue weighted by Gasteiger charge is 1.99. The van der Waals surface area contributed by atoms with Crippen LogP contribution in [0.25, 0.3) is 0 Å². The van der Waals surface area contributed by atoms with E-state index in [1.165, 1.54) is 0 Å². The van der Waals surface area contributed by atoms with E-state index in [-0.39, 0.29) is 0 Å². The lowest BCUT2D eigenvalue weighted by Gasteiger charge is -2.06. The summed E-state index contributed by atoms with van der Waals surface area (Å²) in [5.74, 6) is 0.433. The highest BCUT2D eigenvalue weighted by Crippen LogP contribution is 2.15. The van der Waals surface area contributed by atoms with Crippen LogP contribution in [0.1, 0.15) is 5.56 Å². The molecule has 1 aromatic rings. The summed E-state index contributed by atoms with van der Waals surface area (Å²) in [6.07, 6.45) is 0. The van der Waals surface area contributed by atoms with Gasteiger partial charge in [-0.15, -0.1) is 11.6 Å². The van der Waals surface area contributed by atoms with E-state index in [0.717, 1.165) is 16.2 Å². The fourth-order valence-corrected chi connectivity index (χ4v) is 1.23. The number of alkyl halides is 1. The number of benzene rings is 1. The number of halogens is 2. The van der Waals surface area contributed by atoms with Crippen LogP contribution in [0.3, 0.4) is 0 Å². The van der Waals surface area contributed by atoms with Crippen LogP contribution in [0.2, 0.25) is 5.02 Å². The molecule has 0 aliphatic heterocycles. The maximum atomic E-state index is 5.94. The van der Waals surface area contributed by atoms with Crippen molar-refractivity contribution in [1.82, 2.24) is 0 Å². The Morgan fingerprint density at radius 1 is 1.36 bits per heavy atom. The fraction of sp³-hybridized carbons (Fsp3) is 0.273. The molecular weight excluding hydrogens is 219 g/mol. The predicted octanol–water partition coefficient (Wildman–Crippen LogP) is 3.65. The molecule has 1 rings (SSSR count). The lowest BCUT2D eigenvalue weighted by molar-refractivity contribution is 0.143. The molecule has 1 nitrogen and oxygen atoms in total. The summed E-state index contributed by atoms with van der Waals surface area (Å²) < 4.78 is 5.38. The molecule has 1 aromatic carbocycles. The van der Waals surface area contributed by atoms with E-state index >= 15 is 0 Å². The molecule has 0 aliphatic carbocycles. The molecule has 0 spiro atoms. The molecule has 0 heterocycles. The number of ether oxygens (including phenoxy) is 1. The first-order valence-corrected chi connectivity index (χ1v) is 5.19. The molecule has 0 fully saturated rings. The van der Waals surface area contributed by atoms with Crippen LogP contribution in [0, 0.1) is 0 Å². The van der Waals surface area contributed by atoms with Crippen molar-refractivity contribution in [3.63, 3.8) is 0 Å². The third-order valence-corrected chi connectivity index (χ3v) is 2.46. The first kappa shape index (κ1) is 11.6. The average molecular weight is 231 g/mol. The molecule has 0 saturated heterocycles. The molecule has 0 unspecified atom stereocenters. The predicted molar refractivity (Wildman–Crippen MR) is 61.0 cm³/mol. The van der Waals surface area contributed by atoms with E-state index < -0.39 is 0 Å². The number of hydrogen-bond donors (Lipinski definition) is 0. The topological polar surface area (TPSA) is 9.23 Å². The van der Waals surface area contributed by atoms with Gasteiger partial charge >= 0.3 is 0 Å². The van der Waals surface area contributed by atoms with E-state index in [1.54, 1.807) is 0 Å². The fourth-order valence-electron chi connectivity index (χ4n) is 0.959. The van der Waals surface area contributed by atoms with Crippen LogP contribution in [0.15, 0.2) is 36.4 Å². The molecule has 0 amide bonds. The largest absolute Gasteiger partial charge is 0.372 e. The van der Waals surface area contributed by atoms with Crippen molar-refractivity contribution in [2.45, 2.75) is 6.61 Å². The Balaban J connectivity index is 2.39. The summed E-state index contributed by atoms with van der Waals surface area (Å²) in [5, 5.41) is 0.726. The summed E-state index contributed by atoms with van der Waals surface area (Å²) in [7, 11) is 0. The lowest BCUT2D eigenvalue weighted by Crippen LogP contribution is -1.99. The van der Waals surface area contributed by atoms with Gasteiger partial charge in [0.1, 0.15) is 0 Å². The van der Waals surface area contributed by atoms with Gasteiger partial charge in [-0.2, -0.15) is 0 Å². The van der Waals surface area contributed by atoms with Crippen molar-refractivity contribution in [3.05, 3.63) is 47.0 Å². The minimum Gasteiger partial charge on any atom is -0.372 e. The maximum absolute atomic E-state index is 5.94. The zero-order chi connectivity index (χ0) is 10.4. The Kier molecular flexibility index (Phi) is 5.02. The van der Waals surface area contributed by atoms with Crippen molar-refractivity contribution in [3.8, 4) is 0 Å². The summed E-state index contributed by atoms with van der Waals surface area (Å²) in [5.41, 5.74) is 1.86. The van der Waals surface area contributed by atoms with Crippen molar-refractivity contribution in [2.24, 2.45) is 0 Å². The van der Waals surface area contributed by atoms with Gasteiger partial charge in [-0.25, -0.2) is 0 Å². The Labute approximate surface area is 94.3 Å². The first-order valence-electron chi connectivity index (χ1n) is 4.28. The van der Waals surface area contributed by atoms with Crippen LogP contribution in [0.4, 0.5) is 0 Å². The lowest BCUT2D eigenvalue weighted by atomic mass is 10.2. The summed E-state index contributed by atoms with van der Waals surface area (Å²) in [6.45, 7) is 4.71. The summed E-state index contributed by atoms with van der Waals surface area (Å²) in [4.78, 5) is 0. The Hall–Kier alpha value is -0.500. The van der Waals surface area contributed by atoms with Gasteiger partial charge in [-0.05, 0) is 17.2 Å². The molecule has 0 aromatic heterocycles. The van der Waals surface area contributed by atoms with Crippen molar-refractivity contribution in [1.29, 1.82) is 0 Å². The number of rotatable bonds is 5. The SMILES string of the molecule is C=C(CCl)COCc1ccccc1Cl. The summed E-state index contributed by atoms with van der Waals surface area (Å²) >= 11 is 11.5. The third kappa shape index (κ3) is 3.70. The molecule has 3 heteroatoms. The van der Waals surface area contributed by atoms with Crippen molar-refractivity contribution < 1.29 is 4.74 Å². The third-order valence-electron chi connectivity index (χ3n) is 1.71. The minimum atomic E-state index is 0.433. The zero-order valence-corrected chi connectivity index (χ0v) is 9.31. The van der Waals surface area contributed by atoms with E-state index in [0.29, 0.717) is 19.1 Å². The Morgan fingerprint density at radius 3 is 2.71 bits per heavy atom. The minimum absolute atomic E-state index is 0.433. The van der Waals surface area contributed by atoms with Gasteiger partial charge in [0, 0.05) is 10.9 Å². The van der Waals surface area contributed by atoms with Gasteiger partial charge in [0.2, 0.25) is 0 Å². The molecule has 0 radical (unpaired) electrons. The molecule has 0 saturated carbocycles.